The molecule has 2 nitrogen and oxygen atoms in total. The van der Waals surface area contributed by atoms with Crippen LogP contribution in [0.4, 0.5) is 0 Å². The fraction of sp³-hybridized carbons (Fsp3) is 0.929. The maximum absolute atomic E-state index is 12.1. The van der Waals surface area contributed by atoms with Crippen molar-refractivity contribution in [1.29, 1.82) is 0 Å². The lowest BCUT2D eigenvalue weighted by atomic mass is 9.87. The van der Waals surface area contributed by atoms with Crippen LogP contribution in [0.25, 0.3) is 0 Å². The highest BCUT2D eigenvalue weighted by molar-refractivity contribution is 5.81. The van der Waals surface area contributed by atoms with Gasteiger partial charge >= 0.3 is 0 Å². The van der Waals surface area contributed by atoms with E-state index in [4.69, 9.17) is 4.74 Å². The largest absolute Gasteiger partial charge is 0.385 e. The molecular weight excluding hydrogens is 200 g/mol. The first-order valence-electron chi connectivity index (χ1n) is 6.66. The van der Waals surface area contributed by atoms with Crippen molar-refractivity contribution in [2.45, 2.75) is 52.4 Å². The molecule has 0 bridgehead atoms. The summed E-state index contributed by atoms with van der Waals surface area (Å²) in [5.41, 5.74) is 0. The van der Waals surface area contributed by atoms with Crippen molar-refractivity contribution in [2.24, 2.45) is 17.8 Å². The molecule has 1 fully saturated rings. The van der Waals surface area contributed by atoms with Gasteiger partial charge in [-0.3, -0.25) is 4.79 Å². The minimum atomic E-state index is 0.342. The fourth-order valence-electron chi connectivity index (χ4n) is 2.69. The SMILES string of the molecule is COCCC1CCCC1C(=O)CCC(C)C. The first-order chi connectivity index (χ1) is 7.65. The van der Waals surface area contributed by atoms with E-state index in [0.717, 1.165) is 32.3 Å². The van der Waals surface area contributed by atoms with Gasteiger partial charge in [0, 0.05) is 26.1 Å². The van der Waals surface area contributed by atoms with E-state index in [9.17, 15) is 4.79 Å². The zero-order valence-corrected chi connectivity index (χ0v) is 11.0. The quantitative estimate of drug-likeness (QED) is 0.664. The molecule has 2 atom stereocenters. The van der Waals surface area contributed by atoms with Crippen molar-refractivity contribution < 1.29 is 9.53 Å². The second-order valence-corrected chi connectivity index (χ2v) is 5.48. The van der Waals surface area contributed by atoms with Gasteiger partial charge in [-0.1, -0.05) is 20.3 Å². The minimum Gasteiger partial charge on any atom is -0.385 e. The number of ketones is 1. The minimum absolute atomic E-state index is 0.342. The molecule has 1 rings (SSSR count). The molecule has 0 aliphatic heterocycles. The molecule has 0 spiro atoms. The van der Waals surface area contributed by atoms with Gasteiger partial charge in [0.2, 0.25) is 0 Å². The van der Waals surface area contributed by atoms with Crippen molar-refractivity contribution >= 4 is 5.78 Å². The average Bonchev–Trinajstić information content (AvgIpc) is 2.71. The molecule has 0 heterocycles. The predicted octanol–water partition coefficient (Wildman–Crippen LogP) is 3.44. The number of hydrogen-bond donors (Lipinski definition) is 0. The number of carbonyl (C=O) groups is 1. The maximum atomic E-state index is 12.1. The summed E-state index contributed by atoms with van der Waals surface area (Å²) >= 11 is 0. The Labute approximate surface area is 99.8 Å². The number of methoxy groups -OCH3 is 1. The van der Waals surface area contributed by atoms with Crippen molar-refractivity contribution in [2.75, 3.05) is 13.7 Å². The van der Waals surface area contributed by atoms with Crippen LogP contribution in [0.5, 0.6) is 0 Å². The second-order valence-electron chi connectivity index (χ2n) is 5.48. The Balaban J connectivity index is 2.35. The van der Waals surface area contributed by atoms with Gasteiger partial charge in [0.15, 0.2) is 0 Å². The Morgan fingerprint density at radius 1 is 1.38 bits per heavy atom. The first-order valence-corrected chi connectivity index (χ1v) is 6.66. The molecular formula is C14H26O2. The van der Waals surface area contributed by atoms with Crippen LogP contribution in [0, 0.1) is 17.8 Å². The summed E-state index contributed by atoms with van der Waals surface area (Å²) in [6.07, 6.45) is 6.46. The van der Waals surface area contributed by atoms with Crippen LogP contribution < -0.4 is 0 Å². The maximum Gasteiger partial charge on any atom is 0.136 e. The summed E-state index contributed by atoms with van der Waals surface area (Å²) in [7, 11) is 1.74. The normalized spacial score (nSPS) is 25.2. The fourth-order valence-corrected chi connectivity index (χ4v) is 2.69. The van der Waals surface area contributed by atoms with Gasteiger partial charge in [-0.25, -0.2) is 0 Å². The van der Waals surface area contributed by atoms with Crippen molar-refractivity contribution in [3.63, 3.8) is 0 Å². The van der Waals surface area contributed by atoms with E-state index in [1.165, 1.54) is 12.8 Å². The Hall–Kier alpha value is -0.370. The summed E-state index contributed by atoms with van der Waals surface area (Å²) in [4.78, 5) is 12.1. The lowest BCUT2D eigenvalue weighted by Gasteiger charge is -2.18. The van der Waals surface area contributed by atoms with Gasteiger partial charge in [0.1, 0.15) is 5.78 Å². The Bertz CT molecular complexity index is 211. The molecule has 0 saturated heterocycles. The Kier molecular flexibility index (Phi) is 6.04. The molecule has 1 aliphatic carbocycles. The number of carbonyl (C=O) groups excluding carboxylic acids is 1. The van der Waals surface area contributed by atoms with Gasteiger partial charge in [-0.15, -0.1) is 0 Å². The number of ether oxygens (including phenoxy) is 1. The van der Waals surface area contributed by atoms with E-state index >= 15 is 0 Å². The highest BCUT2D eigenvalue weighted by Crippen LogP contribution is 2.35. The topological polar surface area (TPSA) is 26.3 Å². The highest BCUT2D eigenvalue weighted by atomic mass is 16.5. The van der Waals surface area contributed by atoms with Gasteiger partial charge in [0.25, 0.3) is 0 Å². The van der Waals surface area contributed by atoms with Crippen LogP contribution >= 0.6 is 0 Å². The van der Waals surface area contributed by atoms with E-state index in [1.807, 2.05) is 0 Å². The molecule has 0 N–H and O–H groups in total. The summed E-state index contributed by atoms with van der Waals surface area (Å²) < 4.78 is 5.12. The third-order valence-corrected chi connectivity index (χ3v) is 3.73. The average molecular weight is 226 g/mol. The van der Waals surface area contributed by atoms with E-state index in [-0.39, 0.29) is 0 Å². The summed E-state index contributed by atoms with van der Waals surface area (Å²) in [5, 5.41) is 0. The predicted molar refractivity (Wildman–Crippen MR) is 66.4 cm³/mol. The Morgan fingerprint density at radius 2 is 2.12 bits per heavy atom. The molecule has 0 aromatic heterocycles. The van der Waals surface area contributed by atoms with Gasteiger partial charge < -0.3 is 4.74 Å². The molecule has 94 valence electrons. The zero-order valence-electron chi connectivity index (χ0n) is 11.0. The van der Waals surface area contributed by atoms with E-state index in [1.54, 1.807) is 7.11 Å². The van der Waals surface area contributed by atoms with Crippen LogP contribution in [-0.4, -0.2) is 19.5 Å². The third-order valence-electron chi connectivity index (χ3n) is 3.73. The number of rotatable bonds is 7. The molecule has 0 aromatic rings. The summed E-state index contributed by atoms with van der Waals surface area (Å²) in [6.45, 7) is 5.17. The number of hydrogen-bond acceptors (Lipinski definition) is 2. The summed E-state index contributed by atoms with van der Waals surface area (Å²) in [6, 6.07) is 0. The molecule has 2 unspecified atom stereocenters. The second kappa shape index (κ2) is 7.05. The van der Waals surface area contributed by atoms with E-state index in [0.29, 0.717) is 23.5 Å². The smallest absolute Gasteiger partial charge is 0.136 e. The zero-order chi connectivity index (χ0) is 12.0. The van der Waals surface area contributed by atoms with Crippen LogP contribution in [-0.2, 0) is 9.53 Å². The highest BCUT2D eigenvalue weighted by Gasteiger charge is 2.31. The molecule has 0 amide bonds. The van der Waals surface area contributed by atoms with E-state index in [2.05, 4.69) is 13.8 Å². The monoisotopic (exact) mass is 226 g/mol. The van der Waals surface area contributed by atoms with Gasteiger partial charge in [-0.05, 0) is 37.5 Å². The van der Waals surface area contributed by atoms with E-state index < -0.39 is 0 Å². The van der Waals surface area contributed by atoms with Crippen LogP contribution in [0.1, 0.15) is 52.4 Å². The van der Waals surface area contributed by atoms with Gasteiger partial charge in [0.05, 0.1) is 0 Å². The lowest BCUT2D eigenvalue weighted by Crippen LogP contribution is -2.20. The lowest BCUT2D eigenvalue weighted by molar-refractivity contribution is -0.124. The van der Waals surface area contributed by atoms with Crippen LogP contribution in [0.2, 0.25) is 0 Å². The van der Waals surface area contributed by atoms with Gasteiger partial charge in [-0.2, -0.15) is 0 Å². The standard InChI is InChI=1S/C14H26O2/c1-11(2)7-8-14(15)13-6-4-5-12(13)9-10-16-3/h11-13H,4-10H2,1-3H3. The molecule has 0 radical (unpaired) electrons. The molecule has 0 aromatic carbocycles. The van der Waals surface area contributed by atoms with Crippen molar-refractivity contribution in [1.82, 2.24) is 0 Å². The van der Waals surface area contributed by atoms with Crippen molar-refractivity contribution in [3.05, 3.63) is 0 Å². The summed E-state index contributed by atoms with van der Waals surface area (Å²) in [5.74, 6) is 2.09. The molecule has 1 saturated carbocycles. The number of Topliss-reactive ketones (excluding diaryl/α,β-unsaturated/α-hetero) is 1. The first kappa shape index (κ1) is 13.7. The van der Waals surface area contributed by atoms with Crippen LogP contribution in [0.15, 0.2) is 0 Å². The van der Waals surface area contributed by atoms with Crippen LogP contribution in [0.3, 0.4) is 0 Å². The Morgan fingerprint density at radius 3 is 2.75 bits per heavy atom. The molecule has 2 heteroatoms. The van der Waals surface area contributed by atoms with Crippen molar-refractivity contribution in [3.8, 4) is 0 Å². The molecule has 16 heavy (non-hydrogen) atoms. The third kappa shape index (κ3) is 4.25. The molecule has 1 aliphatic rings.